The summed E-state index contributed by atoms with van der Waals surface area (Å²) in [6.45, 7) is 1.84. The highest BCUT2D eigenvalue weighted by Crippen LogP contribution is 2.39. The maximum Gasteiger partial charge on any atom is 0.391 e. The fourth-order valence-corrected chi connectivity index (χ4v) is 2.59. The Hall–Kier alpha value is -1.47. The number of carbonyl (C=O) groups excluding carboxylic acids is 1. The van der Waals surface area contributed by atoms with Gasteiger partial charge in [0.2, 0.25) is 5.91 Å². The van der Waals surface area contributed by atoms with E-state index < -0.39 is 12.1 Å². The molecule has 0 saturated heterocycles. The van der Waals surface area contributed by atoms with E-state index in [1.807, 2.05) is 6.92 Å². The molecular formula is C13H22F3N3O2. The first-order chi connectivity index (χ1) is 9.77. The molecule has 0 radical (unpaired) electrons. The van der Waals surface area contributed by atoms with Crippen molar-refractivity contribution in [2.45, 2.75) is 57.7 Å². The molecule has 1 saturated carbocycles. The second-order valence-corrected chi connectivity index (χ2v) is 5.50. The third kappa shape index (κ3) is 5.43. The van der Waals surface area contributed by atoms with Crippen molar-refractivity contribution in [2.75, 3.05) is 0 Å². The number of amidine groups is 1. The second-order valence-electron chi connectivity index (χ2n) is 5.50. The minimum Gasteiger partial charge on any atom is -0.409 e. The van der Waals surface area contributed by atoms with E-state index in [1.54, 1.807) is 0 Å². The number of nitrogens with one attached hydrogen (secondary N) is 1. The predicted octanol–water partition coefficient (Wildman–Crippen LogP) is 2.39. The summed E-state index contributed by atoms with van der Waals surface area (Å²) in [4.78, 5) is 12.1. The molecule has 0 bridgehead atoms. The second kappa shape index (κ2) is 7.51. The molecule has 1 aliphatic carbocycles. The van der Waals surface area contributed by atoms with E-state index in [4.69, 9.17) is 10.9 Å². The summed E-state index contributed by atoms with van der Waals surface area (Å²) in [6, 6.07) is -0.270. The average Bonchev–Trinajstić information content (AvgIpc) is 2.45. The third-order valence-corrected chi connectivity index (χ3v) is 3.98. The Kier molecular flexibility index (Phi) is 6.29. The zero-order valence-corrected chi connectivity index (χ0v) is 12.0. The van der Waals surface area contributed by atoms with Gasteiger partial charge in [-0.05, 0) is 32.1 Å². The lowest BCUT2D eigenvalue weighted by Crippen LogP contribution is -2.42. The molecule has 1 rings (SSSR count). The summed E-state index contributed by atoms with van der Waals surface area (Å²) < 4.78 is 37.7. The van der Waals surface area contributed by atoms with Crippen LogP contribution in [0.4, 0.5) is 13.2 Å². The van der Waals surface area contributed by atoms with Crippen molar-refractivity contribution in [2.24, 2.45) is 22.7 Å². The van der Waals surface area contributed by atoms with E-state index in [0.717, 1.165) is 0 Å². The van der Waals surface area contributed by atoms with Crippen LogP contribution in [0.5, 0.6) is 0 Å². The van der Waals surface area contributed by atoms with Gasteiger partial charge in [-0.3, -0.25) is 4.79 Å². The van der Waals surface area contributed by atoms with Crippen molar-refractivity contribution in [3.63, 3.8) is 0 Å². The lowest BCUT2D eigenvalue weighted by Gasteiger charge is -2.30. The van der Waals surface area contributed by atoms with E-state index in [1.165, 1.54) is 0 Å². The van der Waals surface area contributed by atoms with Crippen molar-refractivity contribution < 1.29 is 23.2 Å². The topological polar surface area (TPSA) is 87.7 Å². The van der Waals surface area contributed by atoms with Crippen molar-refractivity contribution >= 4 is 11.7 Å². The SMILES string of the molecule is CCC(CC(N)=NO)NC(=O)C1CCC(C(F)(F)F)CC1. The Morgan fingerprint density at radius 1 is 1.38 bits per heavy atom. The number of nitrogens with two attached hydrogens (primary N) is 1. The zero-order chi connectivity index (χ0) is 16.0. The van der Waals surface area contributed by atoms with Gasteiger partial charge in [-0.1, -0.05) is 12.1 Å². The largest absolute Gasteiger partial charge is 0.409 e. The first-order valence-corrected chi connectivity index (χ1v) is 7.11. The summed E-state index contributed by atoms with van der Waals surface area (Å²) in [5.41, 5.74) is 5.39. The summed E-state index contributed by atoms with van der Waals surface area (Å²) >= 11 is 0. The molecule has 122 valence electrons. The average molecular weight is 309 g/mol. The summed E-state index contributed by atoms with van der Waals surface area (Å²) in [7, 11) is 0. The van der Waals surface area contributed by atoms with Crippen LogP contribution >= 0.6 is 0 Å². The Morgan fingerprint density at radius 3 is 2.38 bits per heavy atom. The van der Waals surface area contributed by atoms with Crippen molar-refractivity contribution in [1.82, 2.24) is 5.32 Å². The zero-order valence-electron chi connectivity index (χ0n) is 12.0. The fourth-order valence-electron chi connectivity index (χ4n) is 2.59. The van der Waals surface area contributed by atoms with E-state index in [0.29, 0.717) is 6.42 Å². The van der Waals surface area contributed by atoms with Crippen LogP contribution in [0.2, 0.25) is 0 Å². The molecule has 0 aromatic carbocycles. The number of carbonyl (C=O) groups is 1. The van der Waals surface area contributed by atoms with E-state index in [9.17, 15) is 18.0 Å². The molecule has 21 heavy (non-hydrogen) atoms. The van der Waals surface area contributed by atoms with Crippen molar-refractivity contribution in [3.8, 4) is 0 Å². The van der Waals surface area contributed by atoms with Crippen LogP contribution in [0.15, 0.2) is 5.16 Å². The standard InChI is InChI=1S/C13H22F3N3O2/c1-2-10(7-11(17)19-21)18-12(20)8-3-5-9(6-4-8)13(14,15)16/h8-10,21H,2-7H2,1H3,(H2,17,19)(H,18,20). The minimum atomic E-state index is -4.17. The highest BCUT2D eigenvalue weighted by molar-refractivity contribution is 5.82. The number of hydrogen-bond acceptors (Lipinski definition) is 3. The molecule has 0 aliphatic heterocycles. The number of nitrogens with zero attached hydrogens (tertiary/aromatic N) is 1. The van der Waals surface area contributed by atoms with Crippen LogP contribution in [0.1, 0.15) is 45.4 Å². The van der Waals surface area contributed by atoms with E-state index >= 15 is 0 Å². The van der Waals surface area contributed by atoms with Gasteiger partial charge in [0.15, 0.2) is 0 Å². The van der Waals surface area contributed by atoms with Gasteiger partial charge in [0, 0.05) is 18.4 Å². The molecule has 1 fully saturated rings. The van der Waals surface area contributed by atoms with Gasteiger partial charge in [0.25, 0.3) is 0 Å². The molecule has 1 atom stereocenters. The fraction of sp³-hybridized carbons (Fsp3) is 0.846. The maximum atomic E-state index is 12.6. The summed E-state index contributed by atoms with van der Waals surface area (Å²) in [6.07, 6.45) is -2.86. The van der Waals surface area contributed by atoms with Crippen LogP contribution in [-0.4, -0.2) is 29.2 Å². The number of hydrogen-bond donors (Lipinski definition) is 3. The first-order valence-electron chi connectivity index (χ1n) is 7.11. The van der Waals surface area contributed by atoms with Crippen molar-refractivity contribution in [1.29, 1.82) is 0 Å². The number of oxime groups is 1. The Balaban J connectivity index is 2.46. The van der Waals surface area contributed by atoms with Crippen LogP contribution in [0, 0.1) is 11.8 Å². The molecule has 1 aliphatic rings. The normalized spacial score (nSPS) is 25.4. The Labute approximate surface area is 121 Å². The molecule has 1 unspecified atom stereocenters. The van der Waals surface area contributed by atoms with E-state index in [-0.39, 0.29) is 55.8 Å². The van der Waals surface area contributed by atoms with Gasteiger partial charge in [-0.25, -0.2) is 0 Å². The highest BCUT2D eigenvalue weighted by Gasteiger charge is 2.42. The first kappa shape index (κ1) is 17.6. The maximum absolute atomic E-state index is 12.6. The smallest absolute Gasteiger partial charge is 0.391 e. The van der Waals surface area contributed by atoms with Crippen LogP contribution < -0.4 is 11.1 Å². The summed E-state index contributed by atoms with van der Waals surface area (Å²) in [5, 5.41) is 14.1. The molecule has 1 amide bonds. The van der Waals surface area contributed by atoms with E-state index in [2.05, 4.69) is 10.5 Å². The number of alkyl halides is 3. The lowest BCUT2D eigenvalue weighted by atomic mass is 9.81. The van der Waals surface area contributed by atoms with Crippen molar-refractivity contribution in [3.05, 3.63) is 0 Å². The van der Waals surface area contributed by atoms with Gasteiger partial charge < -0.3 is 16.3 Å². The Bertz CT molecular complexity index is 377. The molecule has 0 aromatic rings. The molecule has 0 spiro atoms. The van der Waals surface area contributed by atoms with Gasteiger partial charge >= 0.3 is 6.18 Å². The predicted molar refractivity (Wildman–Crippen MR) is 71.8 cm³/mol. The number of amides is 1. The lowest BCUT2D eigenvalue weighted by molar-refractivity contribution is -0.184. The third-order valence-electron chi connectivity index (χ3n) is 3.98. The number of halogens is 3. The molecular weight excluding hydrogens is 287 g/mol. The van der Waals surface area contributed by atoms with Gasteiger partial charge in [-0.15, -0.1) is 0 Å². The monoisotopic (exact) mass is 309 g/mol. The van der Waals surface area contributed by atoms with Gasteiger partial charge in [0.05, 0.1) is 5.92 Å². The number of rotatable bonds is 5. The quantitative estimate of drug-likeness (QED) is 0.315. The summed E-state index contributed by atoms with van der Waals surface area (Å²) in [5.74, 6) is -1.90. The molecule has 4 N–H and O–H groups in total. The minimum absolute atomic E-state index is 0.00137. The highest BCUT2D eigenvalue weighted by atomic mass is 19.4. The van der Waals surface area contributed by atoms with Gasteiger partial charge in [-0.2, -0.15) is 13.2 Å². The Morgan fingerprint density at radius 2 is 1.95 bits per heavy atom. The van der Waals surface area contributed by atoms with Crippen LogP contribution in [0.25, 0.3) is 0 Å². The van der Waals surface area contributed by atoms with Gasteiger partial charge in [0.1, 0.15) is 5.84 Å². The molecule has 0 heterocycles. The molecule has 8 heteroatoms. The van der Waals surface area contributed by atoms with Crippen LogP contribution in [-0.2, 0) is 4.79 Å². The molecule has 0 aromatic heterocycles. The molecule has 5 nitrogen and oxygen atoms in total. The van der Waals surface area contributed by atoms with Crippen LogP contribution in [0.3, 0.4) is 0 Å².